The number of hydrogen-bond acceptors (Lipinski definition) is 4. The number of allylic oxidation sites excluding steroid dienone is 1. The topological polar surface area (TPSA) is 60.4 Å². The molecule has 0 atom stereocenters. The molecule has 0 saturated carbocycles. The number of ketones is 1. The number of rotatable bonds is 3. The summed E-state index contributed by atoms with van der Waals surface area (Å²) in [5.74, 6) is 0.129. The van der Waals surface area contributed by atoms with E-state index in [0.29, 0.717) is 16.7 Å². The molecule has 0 aliphatic carbocycles. The molecule has 3 rings (SSSR count). The Bertz CT molecular complexity index is 838. The molecule has 0 amide bonds. The van der Waals surface area contributed by atoms with Crippen LogP contribution in [-0.4, -0.2) is 5.78 Å². The smallest absolute Gasteiger partial charge is 0.347 e. The van der Waals surface area contributed by atoms with E-state index in [0.717, 1.165) is 0 Å². The lowest BCUT2D eigenvalue weighted by atomic mass is 10.1. The van der Waals surface area contributed by atoms with E-state index in [2.05, 4.69) is 0 Å². The van der Waals surface area contributed by atoms with Crippen LogP contribution in [0.15, 0.2) is 68.4 Å². The number of carbonyl (C=O) groups excluding carboxylic acids is 1. The van der Waals surface area contributed by atoms with Crippen LogP contribution in [0.4, 0.5) is 0 Å². The minimum Gasteiger partial charge on any atom is -0.465 e. The monoisotopic (exact) mass is 266 g/mol. The molecule has 4 heteroatoms. The minimum atomic E-state index is -0.641. The molecule has 0 aliphatic rings. The van der Waals surface area contributed by atoms with E-state index in [-0.39, 0.29) is 5.56 Å². The molecule has 0 fully saturated rings. The molecule has 0 saturated heterocycles. The fourth-order valence-corrected chi connectivity index (χ4v) is 1.87. The summed E-state index contributed by atoms with van der Waals surface area (Å²) in [5.41, 5.74) is -0.173. The summed E-state index contributed by atoms with van der Waals surface area (Å²) in [6, 6.07) is 12.0. The van der Waals surface area contributed by atoms with Gasteiger partial charge in [-0.3, -0.25) is 4.79 Å². The van der Waals surface area contributed by atoms with Gasteiger partial charge in [0, 0.05) is 5.39 Å². The first-order chi connectivity index (χ1) is 9.74. The van der Waals surface area contributed by atoms with Crippen molar-refractivity contribution in [2.24, 2.45) is 0 Å². The normalized spacial score (nSPS) is 11.2. The largest absolute Gasteiger partial charge is 0.465 e. The first-order valence-corrected chi connectivity index (χ1v) is 6.03. The lowest BCUT2D eigenvalue weighted by molar-refractivity contribution is 0.104. The Morgan fingerprint density at radius 1 is 1.10 bits per heavy atom. The van der Waals surface area contributed by atoms with E-state index in [1.807, 2.05) is 6.07 Å². The van der Waals surface area contributed by atoms with Gasteiger partial charge in [-0.15, -0.1) is 0 Å². The number of hydrogen-bond donors (Lipinski definition) is 0. The van der Waals surface area contributed by atoms with E-state index >= 15 is 0 Å². The van der Waals surface area contributed by atoms with Crippen LogP contribution in [0.1, 0.15) is 16.1 Å². The Hall–Kier alpha value is -2.88. The summed E-state index contributed by atoms with van der Waals surface area (Å²) in [7, 11) is 0. The van der Waals surface area contributed by atoms with E-state index in [1.165, 1.54) is 24.5 Å². The molecule has 1 aromatic carbocycles. The summed E-state index contributed by atoms with van der Waals surface area (Å²) in [6.07, 6.45) is 4.31. The van der Waals surface area contributed by atoms with Crippen LogP contribution in [0.25, 0.3) is 17.0 Å². The standard InChI is InChI=1S/C16H10O4/c17-14(8-7-12-5-3-9-19-12)13-10-11-4-1-2-6-15(11)20-16(13)18/h1-10H/b8-7+. The number of carbonyl (C=O) groups is 1. The van der Waals surface area contributed by atoms with Gasteiger partial charge < -0.3 is 8.83 Å². The average molecular weight is 266 g/mol. The molecular weight excluding hydrogens is 256 g/mol. The van der Waals surface area contributed by atoms with Gasteiger partial charge in [-0.1, -0.05) is 18.2 Å². The van der Waals surface area contributed by atoms with Gasteiger partial charge in [-0.05, 0) is 36.4 Å². The van der Waals surface area contributed by atoms with Crippen LogP contribution in [0.2, 0.25) is 0 Å². The van der Waals surface area contributed by atoms with Gasteiger partial charge in [0.1, 0.15) is 16.9 Å². The van der Waals surface area contributed by atoms with Gasteiger partial charge in [0.15, 0.2) is 5.78 Å². The molecule has 3 aromatic rings. The molecule has 0 unspecified atom stereocenters. The Morgan fingerprint density at radius 3 is 2.75 bits per heavy atom. The number of para-hydroxylation sites is 1. The molecule has 2 heterocycles. The van der Waals surface area contributed by atoms with E-state index < -0.39 is 11.4 Å². The van der Waals surface area contributed by atoms with Crippen molar-refractivity contribution in [1.29, 1.82) is 0 Å². The first-order valence-electron chi connectivity index (χ1n) is 6.03. The Balaban J connectivity index is 1.99. The quantitative estimate of drug-likeness (QED) is 0.414. The lowest BCUT2D eigenvalue weighted by Gasteiger charge is -1.98. The number of fused-ring (bicyclic) bond motifs is 1. The van der Waals surface area contributed by atoms with E-state index in [4.69, 9.17) is 8.83 Å². The van der Waals surface area contributed by atoms with Gasteiger partial charge in [-0.2, -0.15) is 0 Å². The maximum atomic E-state index is 12.0. The molecule has 4 nitrogen and oxygen atoms in total. The van der Waals surface area contributed by atoms with Crippen molar-refractivity contribution >= 4 is 22.8 Å². The Morgan fingerprint density at radius 2 is 1.95 bits per heavy atom. The summed E-state index contributed by atoms with van der Waals surface area (Å²) in [4.78, 5) is 23.8. The Labute approximate surface area is 113 Å². The van der Waals surface area contributed by atoms with Crippen molar-refractivity contribution in [1.82, 2.24) is 0 Å². The fourth-order valence-electron chi connectivity index (χ4n) is 1.87. The third-order valence-corrected chi connectivity index (χ3v) is 2.85. The van der Waals surface area contributed by atoms with Gasteiger partial charge in [-0.25, -0.2) is 4.79 Å². The summed E-state index contributed by atoms with van der Waals surface area (Å²) in [6.45, 7) is 0. The number of benzene rings is 1. The predicted octanol–water partition coefficient (Wildman–Crippen LogP) is 3.28. The van der Waals surface area contributed by atoms with Crippen molar-refractivity contribution in [2.75, 3.05) is 0 Å². The molecule has 98 valence electrons. The molecule has 0 radical (unpaired) electrons. The SMILES string of the molecule is O=C(/C=C/c1ccco1)c1cc2ccccc2oc1=O. The van der Waals surface area contributed by atoms with Crippen molar-refractivity contribution in [3.63, 3.8) is 0 Å². The lowest BCUT2D eigenvalue weighted by Crippen LogP contribution is -2.11. The van der Waals surface area contributed by atoms with Crippen LogP contribution in [0, 0.1) is 0 Å². The van der Waals surface area contributed by atoms with Gasteiger partial charge >= 0.3 is 5.63 Å². The average Bonchev–Trinajstić information content (AvgIpc) is 2.97. The second-order valence-electron chi connectivity index (χ2n) is 4.20. The van der Waals surface area contributed by atoms with Crippen molar-refractivity contribution in [3.05, 3.63) is 76.5 Å². The second-order valence-corrected chi connectivity index (χ2v) is 4.20. The molecule has 0 N–H and O–H groups in total. The van der Waals surface area contributed by atoms with Crippen LogP contribution < -0.4 is 5.63 Å². The fraction of sp³-hybridized carbons (Fsp3) is 0. The van der Waals surface area contributed by atoms with Crippen LogP contribution >= 0.6 is 0 Å². The number of furan rings is 1. The van der Waals surface area contributed by atoms with E-state index in [1.54, 1.807) is 30.3 Å². The van der Waals surface area contributed by atoms with Crippen molar-refractivity contribution in [2.45, 2.75) is 0 Å². The predicted molar refractivity (Wildman–Crippen MR) is 74.6 cm³/mol. The summed E-state index contributed by atoms with van der Waals surface area (Å²) >= 11 is 0. The highest BCUT2D eigenvalue weighted by Crippen LogP contribution is 2.13. The van der Waals surface area contributed by atoms with Crippen molar-refractivity contribution in [3.8, 4) is 0 Å². The molecule has 0 aliphatic heterocycles. The zero-order valence-corrected chi connectivity index (χ0v) is 10.4. The highest BCUT2D eigenvalue weighted by atomic mass is 16.4. The van der Waals surface area contributed by atoms with Gasteiger partial charge in [0.2, 0.25) is 0 Å². The molecular formula is C16H10O4. The van der Waals surface area contributed by atoms with Gasteiger partial charge in [0.25, 0.3) is 0 Å². The maximum Gasteiger partial charge on any atom is 0.347 e. The molecule has 0 bridgehead atoms. The first kappa shape index (κ1) is 12.2. The maximum absolute atomic E-state index is 12.0. The zero-order chi connectivity index (χ0) is 13.9. The third-order valence-electron chi connectivity index (χ3n) is 2.85. The summed E-state index contributed by atoms with van der Waals surface area (Å²) in [5, 5.41) is 0.710. The second kappa shape index (κ2) is 5.01. The van der Waals surface area contributed by atoms with Crippen LogP contribution in [0.3, 0.4) is 0 Å². The van der Waals surface area contributed by atoms with Crippen LogP contribution in [0.5, 0.6) is 0 Å². The molecule has 0 spiro atoms. The zero-order valence-electron chi connectivity index (χ0n) is 10.4. The van der Waals surface area contributed by atoms with Crippen LogP contribution in [-0.2, 0) is 0 Å². The summed E-state index contributed by atoms with van der Waals surface area (Å²) < 4.78 is 10.2. The van der Waals surface area contributed by atoms with Crippen molar-refractivity contribution < 1.29 is 13.6 Å². The Kier molecular flexibility index (Phi) is 3.05. The molecule has 2 aromatic heterocycles. The highest BCUT2D eigenvalue weighted by Gasteiger charge is 2.10. The third kappa shape index (κ3) is 2.31. The molecule has 20 heavy (non-hydrogen) atoms. The highest BCUT2D eigenvalue weighted by molar-refractivity contribution is 6.07. The minimum absolute atomic E-state index is 0.00602. The van der Waals surface area contributed by atoms with E-state index in [9.17, 15) is 9.59 Å². The van der Waals surface area contributed by atoms with Gasteiger partial charge in [0.05, 0.1) is 6.26 Å².